The van der Waals surface area contributed by atoms with Gasteiger partial charge in [-0.05, 0) is 31.9 Å². The van der Waals surface area contributed by atoms with Gasteiger partial charge in [0, 0.05) is 23.5 Å². The Hall–Kier alpha value is -3.36. The maximum Gasteiger partial charge on any atom is 0.159 e. The minimum Gasteiger partial charge on any atom is -0.341 e. The number of aromatic nitrogens is 6. The maximum absolute atomic E-state index is 5.87. The topological polar surface area (TPSA) is 121 Å². The van der Waals surface area contributed by atoms with Gasteiger partial charge in [0.05, 0.1) is 35.9 Å². The summed E-state index contributed by atoms with van der Waals surface area (Å²) in [6.45, 7) is 2.95. The van der Waals surface area contributed by atoms with Crippen LogP contribution in [0.4, 0.5) is 0 Å². The molecule has 5 N–H and O–H groups in total. The molecule has 8 heteroatoms. The van der Waals surface area contributed by atoms with Gasteiger partial charge in [0.25, 0.3) is 0 Å². The molecular formula is C22H24N8. The zero-order valence-corrected chi connectivity index (χ0v) is 16.8. The second kappa shape index (κ2) is 7.81. The predicted molar refractivity (Wildman–Crippen MR) is 115 cm³/mol. The zero-order chi connectivity index (χ0) is 20.5. The van der Waals surface area contributed by atoms with E-state index in [1.54, 1.807) is 6.20 Å². The third kappa shape index (κ3) is 3.62. The lowest BCUT2D eigenvalue weighted by molar-refractivity contribution is 0.613. The molecule has 3 aromatic heterocycles. The number of nitrogens with zero attached hydrogens (tertiary/aromatic N) is 4. The molecule has 5 rings (SSSR count). The number of rotatable bonds is 5. The Balaban J connectivity index is 1.32. The van der Waals surface area contributed by atoms with Gasteiger partial charge in [0.1, 0.15) is 11.6 Å². The van der Waals surface area contributed by atoms with Gasteiger partial charge in [0.15, 0.2) is 5.82 Å². The number of hydrogen-bond donors (Lipinski definition) is 4. The highest BCUT2D eigenvalue weighted by atomic mass is 15.0. The summed E-state index contributed by atoms with van der Waals surface area (Å²) in [5.74, 6) is 2.44. The third-order valence-corrected chi connectivity index (χ3v) is 5.43. The van der Waals surface area contributed by atoms with Gasteiger partial charge >= 0.3 is 0 Å². The van der Waals surface area contributed by atoms with Crippen LogP contribution in [0, 0.1) is 0 Å². The van der Waals surface area contributed by atoms with Crippen molar-refractivity contribution in [3.05, 3.63) is 60.7 Å². The molecule has 1 saturated heterocycles. The maximum atomic E-state index is 5.87. The molecular weight excluding hydrogens is 376 g/mol. The smallest absolute Gasteiger partial charge is 0.159 e. The lowest BCUT2D eigenvalue weighted by atomic mass is 10.1. The fraction of sp³-hybridized carbons (Fsp3) is 0.273. The average molecular weight is 400 g/mol. The van der Waals surface area contributed by atoms with Crippen molar-refractivity contribution in [1.29, 1.82) is 0 Å². The van der Waals surface area contributed by atoms with Crippen molar-refractivity contribution in [2.75, 3.05) is 6.54 Å². The van der Waals surface area contributed by atoms with Crippen LogP contribution in [-0.2, 0) is 0 Å². The summed E-state index contributed by atoms with van der Waals surface area (Å²) < 4.78 is 0. The Morgan fingerprint density at radius 2 is 1.57 bits per heavy atom. The average Bonchev–Trinajstić information content (AvgIpc) is 3.55. The van der Waals surface area contributed by atoms with Crippen LogP contribution in [0.1, 0.15) is 43.5 Å². The molecule has 4 aromatic rings. The lowest BCUT2D eigenvalue weighted by Gasteiger charge is -2.06. The summed E-state index contributed by atoms with van der Waals surface area (Å²) in [6.07, 6.45) is 9.62. The Bertz CT molecular complexity index is 1120. The standard InChI is InChI=1S/C22H24N8/c1-13(23)20-27-11-18(29-20)14-4-6-15(7-5-14)21-25-9-16(10-26-21)19-12-28-22(30-19)17-3-2-8-24-17/h4-7,9-13,17,24H,2-3,8,23H2,1H3,(H,27,29)(H,28,30)/t13-,17+/m0/s1. The van der Waals surface area contributed by atoms with Gasteiger partial charge in [-0.3, -0.25) is 0 Å². The lowest BCUT2D eigenvalue weighted by Crippen LogP contribution is -2.14. The van der Waals surface area contributed by atoms with E-state index in [0.29, 0.717) is 11.9 Å². The SMILES string of the molecule is C[C@H](N)c1ncc(-c2ccc(-c3ncc(-c4cnc([C@H]5CCCN5)[nH]4)cn3)cc2)[nH]1. The molecule has 1 fully saturated rings. The summed E-state index contributed by atoms with van der Waals surface area (Å²) in [5, 5.41) is 3.45. The molecule has 1 aliphatic rings. The van der Waals surface area contributed by atoms with Crippen LogP contribution in [0.5, 0.6) is 0 Å². The summed E-state index contributed by atoms with van der Waals surface area (Å²) >= 11 is 0. The van der Waals surface area contributed by atoms with Crippen molar-refractivity contribution < 1.29 is 0 Å². The van der Waals surface area contributed by atoms with Crippen molar-refractivity contribution in [2.24, 2.45) is 5.73 Å². The van der Waals surface area contributed by atoms with Crippen LogP contribution >= 0.6 is 0 Å². The number of benzene rings is 1. The van der Waals surface area contributed by atoms with E-state index >= 15 is 0 Å². The normalized spacial score (nSPS) is 17.3. The third-order valence-electron chi connectivity index (χ3n) is 5.43. The minimum atomic E-state index is -0.120. The highest BCUT2D eigenvalue weighted by Gasteiger charge is 2.19. The number of H-pyrrole nitrogens is 2. The molecule has 4 heterocycles. The second-order valence-corrected chi connectivity index (χ2v) is 7.67. The van der Waals surface area contributed by atoms with E-state index in [9.17, 15) is 0 Å². The van der Waals surface area contributed by atoms with E-state index in [4.69, 9.17) is 5.73 Å². The van der Waals surface area contributed by atoms with Crippen molar-refractivity contribution in [1.82, 2.24) is 35.2 Å². The van der Waals surface area contributed by atoms with Gasteiger partial charge in [0.2, 0.25) is 0 Å². The Labute approximate surface area is 174 Å². The van der Waals surface area contributed by atoms with E-state index in [-0.39, 0.29) is 6.04 Å². The number of aromatic amines is 2. The number of nitrogens with two attached hydrogens (primary N) is 1. The highest BCUT2D eigenvalue weighted by molar-refractivity contribution is 5.66. The number of hydrogen-bond acceptors (Lipinski definition) is 6. The minimum absolute atomic E-state index is 0.120. The van der Waals surface area contributed by atoms with Gasteiger partial charge in [-0.1, -0.05) is 24.3 Å². The van der Waals surface area contributed by atoms with E-state index < -0.39 is 0 Å². The number of imidazole rings is 2. The molecule has 0 aliphatic carbocycles. The molecule has 8 nitrogen and oxygen atoms in total. The molecule has 1 aliphatic heterocycles. The molecule has 2 atom stereocenters. The quantitative estimate of drug-likeness (QED) is 0.407. The number of nitrogens with one attached hydrogen (secondary N) is 3. The summed E-state index contributed by atoms with van der Waals surface area (Å²) in [7, 11) is 0. The van der Waals surface area contributed by atoms with E-state index in [1.807, 2.05) is 49.8 Å². The Morgan fingerprint density at radius 3 is 2.23 bits per heavy atom. The van der Waals surface area contributed by atoms with Crippen molar-refractivity contribution >= 4 is 0 Å². The first-order valence-corrected chi connectivity index (χ1v) is 10.2. The van der Waals surface area contributed by atoms with Crippen LogP contribution in [0.25, 0.3) is 33.9 Å². The molecule has 0 radical (unpaired) electrons. The highest BCUT2D eigenvalue weighted by Crippen LogP contribution is 2.25. The first-order chi connectivity index (χ1) is 14.7. The van der Waals surface area contributed by atoms with Crippen molar-refractivity contribution in [3.8, 4) is 33.9 Å². The molecule has 0 bridgehead atoms. The Morgan fingerprint density at radius 1 is 0.867 bits per heavy atom. The van der Waals surface area contributed by atoms with Crippen LogP contribution in [-0.4, -0.2) is 36.4 Å². The van der Waals surface area contributed by atoms with E-state index in [2.05, 4.69) is 35.2 Å². The van der Waals surface area contributed by atoms with Gasteiger partial charge < -0.3 is 21.0 Å². The fourth-order valence-corrected chi connectivity index (χ4v) is 3.71. The van der Waals surface area contributed by atoms with Crippen molar-refractivity contribution in [2.45, 2.75) is 31.8 Å². The molecule has 152 valence electrons. The summed E-state index contributed by atoms with van der Waals surface area (Å²) in [6, 6.07) is 8.27. The van der Waals surface area contributed by atoms with Crippen LogP contribution < -0.4 is 11.1 Å². The van der Waals surface area contributed by atoms with Crippen LogP contribution in [0.2, 0.25) is 0 Å². The molecule has 0 saturated carbocycles. The molecule has 0 spiro atoms. The van der Waals surface area contributed by atoms with Crippen LogP contribution in [0.15, 0.2) is 49.1 Å². The summed E-state index contributed by atoms with van der Waals surface area (Å²) in [5.41, 5.74) is 10.7. The van der Waals surface area contributed by atoms with Crippen molar-refractivity contribution in [3.63, 3.8) is 0 Å². The van der Waals surface area contributed by atoms with Gasteiger partial charge in [-0.25, -0.2) is 19.9 Å². The van der Waals surface area contributed by atoms with Gasteiger partial charge in [-0.2, -0.15) is 0 Å². The molecule has 0 amide bonds. The molecule has 30 heavy (non-hydrogen) atoms. The molecule has 1 aromatic carbocycles. The first kappa shape index (κ1) is 18.7. The van der Waals surface area contributed by atoms with Gasteiger partial charge in [-0.15, -0.1) is 0 Å². The Kier molecular flexibility index (Phi) is 4.86. The molecule has 0 unspecified atom stereocenters. The largest absolute Gasteiger partial charge is 0.341 e. The van der Waals surface area contributed by atoms with E-state index in [0.717, 1.165) is 52.7 Å². The predicted octanol–water partition coefficient (Wildman–Crippen LogP) is 3.37. The first-order valence-electron chi connectivity index (χ1n) is 10.2. The zero-order valence-electron chi connectivity index (χ0n) is 16.8. The second-order valence-electron chi connectivity index (χ2n) is 7.67. The van der Waals surface area contributed by atoms with Crippen LogP contribution in [0.3, 0.4) is 0 Å². The summed E-state index contributed by atoms with van der Waals surface area (Å²) in [4.78, 5) is 24.6. The van der Waals surface area contributed by atoms with E-state index in [1.165, 1.54) is 6.42 Å². The monoisotopic (exact) mass is 400 g/mol. The fourth-order valence-electron chi connectivity index (χ4n) is 3.71.